The zero-order valence-electron chi connectivity index (χ0n) is 17.4. The van der Waals surface area contributed by atoms with E-state index >= 15 is 0 Å². The molecule has 164 valence electrons. The van der Waals surface area contributed by atoms with Crippen LogP contribution in [0.4, 0.5) is 4.39 Å². The van der Waals surface area contributed by atoms with Crippen LogP contribution >= 0.6 is 0 Å². The first kappa shape index (κ1) is 21.3. The number of carbonyl (C=O) groups excluding carboxylic acids is 1. The van der Waals surface area contributed by atoms with Gasteiger partial charge in [0.15, 0.2) is 0 Å². The minimum absolute atomic E-state index is 0.0601. The van der Waals surface area contributed by atoms with Crippen LogP contribution in [0.15, 0.2) is 18.2 Å². The normalized spacial score (nSPS) is 19.9. The smallest absolute Gasteiger partial charge is 0.282 e. The molecule has 7 nitrogen and oxygen atoms in total. The fourth-order valence-corrected chi connectivity index (χ4v) is 6.12. The number of hydrogen-bond acceptors (Lipinski definition) is 3. The highest BCUT2D eigenvalue weighted by Crippen LogP contribution is 2.25. The summed E-state index contributed by atoms with van der Waals surface area (Å²) in [6.45, 7) is 4.42. The lowest BCUT2D eigenvalue weighted by atomic mass is 10.1. The Morgan fingerprint density at radius 3 is 2.30 bits per heavy atom. The molecule has 0 atom stereocenters. The first-order valence-corrected chi connectivity index (χ1v) is 12.1. The summed E-state index contributed by atoms with van der Waals surface area (Å²) < 4.78 is 42.7. The molecule has 30 heavy (non-hydrogen) atoms. The van der Waals surface area contributed by atoms with Crippen LogP contribution in [0.25, 0.3) is 10.9 Å². The van der Waals surface area contributed by atoms with E-state index in [4.69, 9.17) is 0 Å². The van der Waals surface area contributed by atoms with E-state index in [0.29, 0.717) is 39.3 Å². The van der Waals surface area contributed by atoms with E-state index in [0.717, 1.165) is 47.8 Å². The van der Waals surface area contributed by atoms with Crippen molar-refractivity contribution >= 4 is 27.0 Å². The van der Waals surface area contributed by atoms with E-state index in [-0.39, 0.29) is 18.1 Å². The van der Waals surface area contributed by atoms with Crippen LogP contribution in [0.3, 0.4) is 0 Å². The highest BCUT2D eigenvalue weighted by Gasteiger charge is 2.33. The van der Waals surface area contributed by atoms with Crippen molar-refractivity contribution < 1.29 is 17.6 Å². The Hall–Kier alpha value is -1.97. The van der Waals surface area contributed by atoms with Gasteiger partial charge in [-0.25, -0.2) is 4.39 Å². The van der Waals surface area contributed by atoms with Gasteiger partial charge in [0, 0.05) is 55.9 Å². The van der Waals surface area contributed by atoms with Gasteiger partial charge in [-0.1, -0.05) is 12.8 Å². The molecule has 0 spiro atoms. The molecule has 3 heterocycles. The summed E-state index contributed by atoms with van der Waals surface area (Å²) in [6, 6.07) is 4.53. The van der Waals surface area contributed by atoms with Gasteiger partial charge in [-0.15, -0.1) is 0 Å². The Labute approximate surface area is 177 Å². The van der Waals surface area contributed by atoms with Crippen LogP contribution in [-0.2, 0) is 21.4 Å². The van der Waals surface area contributed by atoms with Crippen molar-refractivity contribution in [1.29, 1.82) is 0 Å². The summed E-state index contributed by atoms with van der Waals surface area (Å²) in [5.74, 6) is -0.391. The molecular weight excluding hydrogens is 407 g/mol. The lowest BCUT2D eigenvalue weighted by molar-refractivity contribution is -0.131. The van der Waals surface area contributed by atoms with Crippen molar-refractivity contribution in [2.75, 3.05) is 39.3 Å². The Balaban J connectivity index is 1.40. The van der Waals surface area contributed by atoms with E-state index in [1.807, 2.05) is 6.92 Å². The quantitative estimate of drug-likeness (QED) is 0.800. The highest BCUT2D eigenvalue weighted by atomic mass is 32.2. The Kier molecular flexibility index (Phi) is 6.13. The second-order valence-electron chi connectivity index (χ2n) is 8.20. The summed E-state index contributed by atoms with van der Waals surface area (Å²) in [6.07, 6.45) is 4.13. The van der Waals surface area contributed by atoms with Crippen molar-refractivity contribution in [3.8, 4) is 0 Å². The van der Waals surface area contributed by atoms with Gasteiger partial charge in [0.05, 0.1) is 6.42 Å². The first-order chi connectivity index (χ1) is 14.4. The fourth-order valence-electron chi connectivity index (χ4n) is 4.45. The monoisotopic (exact) mass is 436 g/mol. The van der Waals surface area contributed by atoms with Gasteiger partial charge in [0.1, 0.15) is 5.82 Å². The zero-order chi connectivity index (χ0) is 21.3. The van der Waals surface area contributed by atoms with Crippen molar-refractivity contribution in [3.05, 3.63) is 35.3 Å². The molecule has 2 aliphatic heterocycles. The maximum atomic E-state index is 13.7. The predicted octanol–water partition coefficient (Wildman–Crippen LogP) is 2.42. The van der Waals surface area contributed by atoms with Gasteiger partial charge in [-0.3, -0.25) is 4.79 Å². The molecule has 2 fully saturated rings. The third-order valence-electron chi connectivity index (χ3n) is 6.22. The summed E-state index contributed by atoms with van der Waals surface area (Å²) in [5.41, 5.74) is 2.46. The van der Waals surface area contributed by atoms with Crippen molar-refractivity contribution in [1.82, 2.24) is 18.5 Å². The minimum atomic E-state index is -3.47. The molecule has 2 aromatic rings. The standard InChI is InChI=1S/C21H29FN4O3S/c1-16-18(19-14-17(22)6-7-20(19)23-16)15-21(27)24-10-12-26(13-11-24)30(28,29)25-8-4-2-3-5-9-25/h6-7,14,23H,2-5,8-13,15H2,1H3. The second kappa shape index (κ2) is 8.64. The van der Waals surface area contributed by atoms with Crippen LogP contribution in [0.2, 0.25) is 0 Å². The van der Waals surface area contributed by atoms with E-state index in [9.17, 15) is 17.6 Å². The lowest BCUT2D eigenvalue weighted by Gasteiger charge is -2.36. The molecule has 1 aromatic heterocycles. The van der Waals surface area contributed by atoms with Gasteiger partial charge in [-0.2, -0.15) is 17.0 Å². The number of nitrogens with one attached hydrogen (secondary N) is 1. The Bertz CT molecular complexity index is 1020. The lowest BCUT2D eigenvalue weighted by Crippen LogP contribution is -2.54. The average Bonchev–Trinajstić information content (AvgIpc) is 2.92. The number of piperazine rings is 1. The molecule has 9 heteroatoms. The largest absolute Gasteiger partial charge is 0.358 e. The fraction of sp³-hybridized carbons (Fsp3) is 0.571. The van der Waals surface area contributed by atoms with Crippen LogP contribution in [0.1, 0.15) is 36.9 Å². The van der Waals surface area contributed by atoms with Gasteiger partial charge < -0.3 is 9.88 Å². The number of aromatic nitrogens is 1. The van der Waals surface area contributed by atoms with Crippen molar-refractivity contribution in [2.24, 2.45) is 0 Å². The highest BCUT2D eigenvalue weighted by molar-refractivity contribution is 7.86. The molecular formula is C21H29FN4O3S. The summed E-state index contributed by atoms with van der Waals surface area (Å²) in [7, 11) is -3.47. The molecule has 1 N–H and O–H groups in total. The SMILES string of the molecule is Cc1[nH]c2ccc(F)cc2c1CC(=O)N1CCN(S(=O)(=O)N2CCCCCC2)CC1. The number of hydrogen-bond donors (Lipinski definition) is 1. The summed E-state index contributed by atoms with van der Waals surface area (Å²) in [4.78, 5) is 17.8. The Morgan fingerprint density at radius 1 is 1.00 bits per heavy atom. The maximum absolute atomic E-state index is 13.7. The average molecular weight is 437 g/mol. The first-order valence-electron chi connectivity index (χ1n) is 10.7. The molecule has 0 saturated carbocycles. The van der Waals surface area contributed by atoms with Gasteiger partial charge in [0.2, 0.25) is 5.91 Å². The van der Waals surface area contributed by atoms with Crippen LogP contribution < -0.4 is 0 Å². The number of amides is 1. The topological polar surface area (TPSA) is 76.7 Å². The maximum Gasteiger partial charge on any atom is 0.282 e. The summed E-state index contributed by atoms with van der Waals surface area (Å²) in [5, 5.41) is 0.725. The van der Waals surface area contributed by atoms with E-state index in [2.05, 4.69) is 4.98 Å². The number of benzene rings is 1. The number of carbonyl (C=O) groups is 1. The van der Waals surface area contributed by atoms with E-state index in [1.54, 1.807) is 15.3 Å². The number of nitrogens with zero attached hydrogens (tertiary/aromatic N) is 3. The van der Waals surface area contributed by atoms with Crippen LogP contribution in [0.5, 0.6) is 0 Å². The van der Waals surface area contributed by atoms with Crippen LogP contribution in [-0.4, -0.2) is 72.1 Å². The predicted molar refractivity (Wildman–Crippen MR) is 114 cm³/mol. The van der Waals surface area contributed by atoms with Crippen LogP contribution in [0, 0.1) is 12.7 Å². The van der Waals surface area contributed by atoms with Gasteiger partial charge in [-0.05, 0) is 43.5 Å². The van der Waals surface area contributed by atoms with E-state index in [1.165, 1.54) is 16.4 Å². The summed E-state index contributed by atoms with van der Waals surface area (Å²) >= 11 is 0. The zero-order valence-corrected chi connectivity index (χ0v) is 18.2. The number of halogens is 1. The number of rotatable bonds is 4. The number of fused-ring (bicyclic) bond motifs is 1. The number of aromatic amines is 1. The molecule has 4 rings (SSSR count). The second-order valence-corrected chi connectivity index (χ2v) is 10.1. The van der Waals surface area contributed by atoms with E-state index < -0.39 is 10.2 Å². The van der Waals surface area contributed by atoms with Gasteiger partial charge >= 0.3 is 0 Å². The van der Waals surface area contributed by atoms with Crippen molar-refractivity contribution in [2.45, 2.75) is 39.0 Å². The molecule has 1 amide bonds. The number of aryl methyl sites for hydroxylation is 1. The molecule has 2 saturated heterocycles. The Morgan fingerprint density at radius 2 is 1.63 bits per heavy atom. The van der Waals surface area contributed by atoms with Gasteiger partial charge in [0.25, 0.3) is 10.2 Å². The molecule has 0 unspecified atom stereocenters. The molecule has 0 aliphatic carbocycles. The molecule has 0 radical (unpaired) electrons. The molecule has 1 aromatic carbocycles. The van der Waals surface area contributed by atoms with Crippen molar-refractivity contribution in [3.63, 3.8) is 0 Å². The number of H-pyrrole nitrogens is 1. The molecule has 0 bridgehead atoms. The third kappa shape index (κ3) is 4.24. The molecule has 2 aliphatic rings. The minimum Gasteiger partial charge on any atom is -0.358 e. The third-order valence-corrected chi connectivity index (χ3v) is 8.25.